The summed E-state index contributed by atoms with van der Waals surface area (Å²) < 4.78 is 1.13. The van der Waals surface area contributed by atoms with E-state index < -0.39 is 18.4 Å². The third kappa shape index (κ3) is 4.00. The number of carbonyl (C=O) groups excluding carboxylic acids is 1. The molecule has 2 N–H and O–H groups in total. The Labute approximate surface area is 103 Å². The standard InChI is InChI=1S/C11H15N3O4/c1-7(2)8-3-10(16)14(6-13-8)5-9(15)12-4-11(17)18/h3,6-7H,4-5H2,1-2H3,(H,12,15)(H,17,18). The van der Waals surface area contributed by atoms with E-state index in [1.165, 1.54) is 12.4 Å². The topological polar surface area (TPSA) is 101 Å². The second-order valence-electron chi connectivity index (χ2n) is 4.11. The van der Waals surface area contributed by atoms with Gasteiger partial charge in [0.25, 0.3) is 5.56 Å². The molecule has 98 valence electrons. The molecule has 7 nitrogen and oxygen atoms in total. The van der Waals surface area contributed by atoms with Gasteiger partial charge in [0.15, 0.2) is 0 Å². The number of aliphatic carboxylic acids is 1. The van der Waals surface area contributed by atoms with E-state index in [-0.39, 0.29) is 18.0 Å². The lowest BCUT2D eigenvalue weighted by molar-refractivity contribution is -0.138. The van der Waals surface area contributed by atoms with Gasteiger partial charge in [0, 0.05) is 6.07 Å². The molecule has 0 aliphatic rings. The summed E-state index contributed by atoms with van der Waals surface area (Å²) in [7, 11) is 0. The van der Waals surface area contributed by atoms with Gasteiger partial charge in [-0.25, -0.2) is 4.98 Å². The first-order valence-electron chi connectivity index (χ1n) is 5.45. The number of hydrogen-bond acceptors (Lipinski definition) is 4. The maximum atomic E-state index is 11.6. The summed E-state index contributed by atoms with van der Waals surface area (Å²) in [5.41, 5.74) is 0.321. The van der Waals surface area contributed by atoms with Crippen molar-refractivity contribution >= 4 is 11.9 Å². The van der Waals surface area contributed by atoms with Gasteiger partial charge in [-0.1, -0.05) is 13.8 Å². The lowest BCUT2D eigenvalue weighted by Gasteiger charge is -2.07. The molecular formula is C11H15N3O4. The summed E-state index contributed by atoms with van der Waals surface area (Å²) in [4.78, 5) is 37.3. The van der Waals surface area contributed by atoms with Crippen LogP contribution < -0.4 is 10.9 Å². The predicted molar refractivity (Wildman–Crippen MR) is 63.2 cm³/mol. The molecule has 0 saturated heterocycles. The Kier molecular flexibility index (Phi) is 4.59. The molecule has 1 aromatic heterocycles. The van der Waals surface area contributed by atoms with Crippen molar-refractivity contribution in [3.05, 3.63) is 28.4 Å². The van der Waals surface area contributed by atoms with Gasteiger partial charge in [0.2, 0.25) is 5.91 Å². The molecule has 1 heterocycles. The molecule has 0 saturated carbocycles. The van der Waals surface area contributed by atoms with Crippen LogP contribution in [0.5, 0.6) is 0 Å². The van der Waals surface area contributed by atoms with Crippen LogP contribution in [0.1, 0.15) is 25.5 Å². The minimum atomic E-state index is -1.14. The van der Waals surface area contributed by atoms with Crippen molar-refractivity contribution in [1.82, 2.24) is 14.9 Å². The van der Waals surface area contributed by atoms with Crippen molar-refractivity contribution in [1.29, 1.82) is 0 Å². The third-order valence-corrected chi connectivity index (χ3v) is 2.24. The van der Waals surface area contributed by atoms with E-state index in [2.05, 4.69) is 10.3 Å². The minimum Gasteiger partial charge on any atom is -0.480 e. The zero-order valence-electron chi connectivity index (χ0n) is 10.2. The number of rotatable bonds is 5. The van der Waals surface area contributed by atoms with Gasteiger partial charge >= 0.3 is 5.97 Å². The fourth-order valence-electron chi connectivity index (χ4n) is 1.26. The summed E-state index contributed by atoms with van der Waals surface area (Å²) in [6.45, 7) is 3.11. The predicted octanol–water partition coefficient (Wildman–Crippen LogP) is -0.432. The third-order valence-electron chi connectivity index (χ3n) is 2.24. The van der Waals surface area contributed by atoms with Crippen LogP contribution in [0.3, 0.4) is 0 Å². The first-order chi connectivity index (χ1) is 8.40. The fourth-order valence-corrected chi connectivity index (χ4v) is 1.26. The molecule has 1 aromatic rings. The van der Waals surface area contributed by atoms with Gasteiger partial charge in [-0.05, 0) is 5.92 Å². The number of carbonyl (C=O) groups is 2. The number of nitrogens with zero attached hydrogens (tertiary/aromatic N) is 2. The smallest absolute Gasteiger partial charge is 0.322 e. The molecule has 7 heteroatoms. The number of nitrogens with one attached hydrogen (secondary N) is 1. The molecule has 1 amide bonds. The van der Waals surface area contributed by atoms with E-state index in [1.54, 1.807) is 0 Å². The Morgan fingerprint density at radius 2 is 2.17 bits per heavy atom. The van der Waals surface area contributed by atoms with Crippen LogP contribution in [0.15, 0.2) is 17.2 Å². The Morgan fingerprint density at radius 1 is 1.50 bits per heavy atom. The highest BCUT2D eigenvalue weighted by Crippen LogP contribution is 2.06. The van der Waals surface area contributed by atoms with Gasteiger partial charge in [-0.3, -0.25) is 19.0 Å². The van der Waals surface area contributed by atoms with Gasteiger partial charge in [-0.15, -0.1) is 0 Å². The first kappa shape index (κ1) is 13.9. The van der Waals surface area contributed by atoms with E-state index in [0.29, 0.717) is 5.69 Å². The van der Waals surface area contributed by atoms with E-state index in [9.17, 15) is 14.4 Å². The normalized spacial score (nSPS) is 10.4. The molecule has 0 fully saturated rings. The van der Waals surface area contributed by atoms with Crippen molar-refractivity contribution < 1.29 is 14.7 Å². The number of amides is 1. The molecule has 0 aliphatic heterocycles. The van der Waals surface area contributed by atoms with Crippen LogP contribution >= 0.6 is 0 Å². The fraction of sp³-hybridized carbons (Fsp3) is 0.455. The number of carboxylic acids is 1. The van der Waals surface area contributed by atoms with E-state index in [1.807, 2.05) is 13.8 Å². The van der Waals surface area contributed by atoms with Crippen LogP contribution in [0.2, 0.25) is 0 Å². The molecule has 18 heavy (non-hydrogen) atoms. The SMILES string of the molecule is CC(C)c1cc(=O)n(CC(=O)NCC(=O)O)cn1. The van der Waals surface area contributed by atoms with Gasteiger partial charge in [0.1, 0.15) is 13.1 Å². The lowest BCUT2D eigenvalue weighted by atomic mass is 10.1. The van der Waals surface area contributed by atoms with Gasteiger partial charge in [0.05, 0.1) is 12.0 Å². The van der Waals surface area contributed by atoms with Crippen molar-refractivity contribution in [2.75, 3.05) is 6.54 Å². The molecular weight excluding hydrogens is 238 g/mol. The highest BCUT2D eigenvalue weighted by Gasteiger charge is 2.08. The molecule has 0 unspecified atom stereocenters. The summed E-state index contributed by atoms with van der Waals surface area (Å²) in [6.07, 6.45) is 1.29. The van der Waals surface area contributed by atoms with Crippen LogP contribution in [0.25, 0.3) is 0 Å². The largest absolute Gasteiger partial charge is 0.480 e. The quantitative estimate of drug-likeness (QED) is 0.741. The Balaban J connectivity index is 2.71. The maximum absolute atomic E-state index is 11.6. The monoisotopic (exact) mass is 253 g/mol. The average molecular weight is 253 g/mol. The van der Waals surface area contributed by atoms with E-state index in [4.69, 9.17) is 5.11 Å². The highest BCUT2D eigenvalue weighted by molar-refractivity contribution is 5.80. The molecule has 0 atom stereocenters. The van der Waals surface area contributed by atoms with Crippen molar-refractivity contribution in [2.45, 2.75) is 26.3 Å². The average Bonchev–Trinajstić information content (AvgIpc) is 2.29. The van der Waals surface area contributed by atoms with Crippen molar-refractivity contribution in [3.8, 4) is 0 Å². The summed E-state index contributed by atoms with van der Waals surface area (Å²) in [5.74, 6) is -1.55. The van der Waals surface area contributed by atoms with Crippen molar-refractivity contribution in [3.63, 3.8) is 0 Å². The second-order valence-corrected chi connectivity index (χ2v) is 4.11. The van der Waals surface area contributed by atoms with Gasteiger partial charge < -0.3 is 10.4 Å². The molecule has 0 radical (unpaired) electrons. The van der Waals surface area contributed by atoms with E-state index >= 15 is 0 Å². The number of carboxylic acid groups (broad SMARTS) is 1. The molecule has 0 spiro atoms. The first-order valence-corrected chi connectivity index (χ1v) is 5.45. The van der Waals surface area contributed by atoms with Crippen LogP contribution in [-0.4, -0.2) is 33.1 Å². The zero-order valence-corrected chi connectivity index (χ0v) is 10.2. The summed E-state index contributed by atoms with van der Waals surface area (Å²) in [6, 6.07) is 1.37. The van der Waals surface area contributed by atoms with Crippen LogP contribution in [0, 0.1) is 0 Å². The zero-order chi connectivity index (χ0) is 13.7. The summed E-state index contributed by atoms with van der Waals surface area (Å²) in [5, 5.41) is 10.6. The Bertz CT molecular complexity index is 507. The lowest BCUT2D eigenvalue weighted by Crippen LogP contribution is -2.35. The molecule has 0 aromatic carbocycles. The van der Waals surface area contributed by atoms with Crippen LogP contribution in [-0.2, 0) is 16.1 Å². The van der Waals surface area contributed by atoms with Crippen LogP contribution in [0.4, 0.5) is 0 Å². The molecule has 0 aliphatic carbocycles. The minimum absolute atomic E-state index is 0.133. The molecule has 0 bridgehead atoms. The van der Waals surface area contributed by atoms with E-state index in [0.717, 1.165) is 4.57 Å². The number of hydrogen-bond donors (Lipinski definition) is 2. The Hall–Kier alpha value is -2.18. The number of aromatic nitrogens is 2. The summed E-state index contributed by atoms with van der Waals surface area (Å²) >= 11 is 0. The highest BCUT2D eigenvalue weighted by atomic mass is 16.4. The molecule has 1 rings (SSSR count). The Morgan fingerprint density at radius 3 is 2.67 bits per heavy atom. The second kappa shape index (κ2) is 5.95. The van der Waals surface area contributed by atoms with Gasteiger partial charge in [-0.2, -0.15) is 0 Å². The maximum Gasteiger partial charge on any atom is 0.322 e. The van der Waals surface area contributed by atoms with Crippen molar-refractivity contribution in [2.24, 2.45) is 0 Å².